The van der Waals surface area contributed by atoms with Gasteiger partial charge in [0.05, 0.1) is 19.9 Å². The van der Waals surface area contributed by atoms with Crippen LogP contribution in [0.1, 0.15) is 36.9 Å². The second-order valence-electron chi connectivity index (χ2n) is 7.90. The molecule has 1 aromatic heterocycles. The average molecular weight is 434 g/mol. The molecule has 1 N–H and O–H groups in total. The van der Waals surface area contributed by atoms with Crippen LogP contribution in [0.15, 0.2) is 53.3 Å². The molecule has 0 bridgehead atoms. The van der Waals surface area contributed by atoms with E-state index in [0.29, 0.717) is 23.6 Å². The van der Waals surface area contributed by atoms with Gasteiger partial charge in [-0.3, -0.25) is 9.59 Å². The highest BCUT2D eigenvalue weighted by Crippen LogP contribution is 2.29. The summed E-state index contributed by atoms with van der Waals surface area (Å²) in [7, 11) is 3.09. The van der Waals surface area contributed by atoms with Gasteiger partial charge in [-0.05, 0) is 38.2 Å². The predicted molar refractivity (Wildman–Crippen MR) is 123 cm³/mol. The molecule has 0 saturated carbocycles. The van der Waals surface area contributed by atoms with Crippen molar-refractivity contribution in [2.75, 3.05) is 19.5 Å². The largest absolute Gasteiger partial charge is 0.497 e. The maximum absolute atomic E-state index is 13.3. The smallest absolute Gasteiger partial charge is 0.271 e. The van der Waals surface area contributed by atoms with Gasteiger partial charge in [-0.2, -0.15) is 5.10 Å². The molecule has 1 aliphatic carbocycles. The maximum Gasteiger partial charge on any atom is 0.271 e. The van der Waals surface area contributed by atoms with Gasteiger partial charge in [0.15, 0.2) is 0 Å². The number of carbonyl (C=O) groups is 1. The number of methoxy groups -OCH3 is 2. The number of amides is 1. The summed E-state index contributed by atoms with van der Waals surface area (Å²) in [6.07, 6.45) is 3.53. The van der Waals surface area contributed by atoms with Crippen molar-refractivity contribution in [1.29, 1.82) is 0 Å². The molecule has 0 spiro atoms. The van der Waals surface area contributed by atoms with E-state index in [0.717, 1.165) is 41.6 Å². The number of nitrogens with one attached hydrogen (secondary N) is 1. The second-order valence-corrected chi connectivity index (χ2v) is 7.90. The van der Waals surface area contributed by atoms with Crippen LogP contribution in [0.3, 0.4) is 0 Å². The van der Waals surface area contributed by atoms with E-state index >= 15 is 0 Å². The Morgan fingerprint density at radius 1 is 1.00 bits per heavy atom. The van der Waals surface area contributed by atoms with Crippen LogP contribution in [0, 0.1) is 0 Å². The van der Waals surface area contributed by atoms with Crippen molar-refractivity contribution in [2.45, 2.75) is 38.6 Å². The van der Waals surface area contributed by atoms with Crippen LogP contribution < -0.4 is 20.3 Å². The average Bonchev–Trinajstić information content (AvgIpc) is 2.84. The predicted octanol–water partition coefficient (Wildman–Crippen LogP) is 4.01. The van der Waals surface area contributed by atoms with Gasteiger partial charge in [0, 0.05) is 35.0 Å². The van der Waals surface area contributed by atoms with Crippen LogP contribution in [0.5, 0.6) is 11.5 Å². The highest BCUT2D eigenvalue weighted by atomic mass is 16.5. The number of fused-ring (bicyclic) bond motifs is 1. The molecular weight excluding hydrogens is 406 g/mol. The zero-order chi connectivity index (χ0) is 22.7. The highest BCUT2D eigenvalue weighted by Gasteiger charge is 2.25. The van der Waals surface area contributed by atoms with Crippen molar-refractivity contribution < 1.29 is 14.3 Å². The molecule has 4 rings (SSSR count). The highest BCUT2D eigenvalue weighted by molar-refractivity contribution is 5.93. The first-order chi connectivity index (χ1) is 15.5. The van der Waals surface area contributed by atoms with E-state index in [1.54, 1.807) is 39.3 Å². The van der Waals surface area contributed by atoms with E-state index in [4.69, 9.17) is 9.47 Å². The zero-order valence-corrected chi connectivity index (χ0v) is 18.6. The fourth-order valence-corrected chi connectivity index (χ4v) is 4.08. The summed E-state index contributed by atoms with van der Waals surface area (Å²) in [6.45, 7) is 1.69. The minimum absolute atomic E-state index is 0.190. The van der Waals surface area contributed by atoms with Gasteiger partial charge in [-0.15, -0.1) is 0 Å². The van der Waals surface area contributed by atoms with Crippen LogP contribution in [-0.2, 0) is 17.6 Å². The van der Waals surface area contributed by atoms with Gasteiger partial charge in [0.1, 0.15) is 17.5 Å². The maximum atomic E-state index is 13.3. The molecule has 0 radical (unpaired) electrons. The Kier molecular flexibility index (Phi) is 6.25. The molecule has 32 heavy (non-hydrogen) atoms. The number of hydrogen-bond donors (Lipinski definition) is 1. The molecule has 3 aromatic rings. The van der Waals surface area contributed by atoms with Gasteiger partial charge in [-0.25, -0.2) is 4.68 Å². The van der Waals surface area contributed by atoms with Crippen LogP contribution in [0.4, 0.5) is 5.69 Å². The summed E-state index contributed by atoms with van der Waals surface area (Å²) in [5.74, 6) is 0.773. The molecule has 0 unspecified atom stereocenters. The lowest BCUT2D eigenvalue weighted by atomic mass is 9.89. The fraction of sp³-hybridized carbons (Fsp3) is 0.320. The van der Waals surface area contributed by atoms with Gasteiger partial charge in [-0.1, -0.05) is 30.3 Å². The topological polar surface area (TPSA) is 82.5 Å². The molecule has 1 amide bonds. The number of carbonyl (C=O) groups excluding carboxylic acids is 1. The number of benzene rings is 2. The molecule has 166 valence electrons. The van der Waals surface area contributed by atoms with Crippen molar-refractivity contribution in [3.8, 4) is 22.8 Å². The van der Waals surface area contributed by atoms with Gasteiger partial charge < -0.3 is 14.8 Å². The summed E-state index contributed by atoms with van der Waals surface area (Å²) >= 11 is 0. The zero-order valence-electron chi connectivity index (χ0n) is 18.6. The lowest BCUT2D eigenvalue weighted by Gasteiger charge is -2.22. The summed E-state index contributed by atoms with van der Waals surface area (Å²) < 4.78 is 11.9. The molecule has 0 fully saturated rings. The number of hydrogen-bond acceptors (Lipinski definition) is 5. The van der Waals surface area contributed by atoms with E-state index in [-0.39, 0.29) is 11.5 Å². The van der Waals surface area contributed by atoms with Crippen LogP contribution in [0.2, 0.25) is 0 Å². The number of aromatic nitrogens is 2. The lowest BCUT2D eigenvalue weighted by molar-refractivity contribution is -0.119. The Morgan fingerprint density at radius 3 is 2.25 bits per heavy atom. The van der Waals surface area contributed by atoms with Crippen molar-refractivity contribution in [2.24, 2.45) is 0 Å². The SMILES string of the molecule is COc1cc(NC(=O)[C@@H](C)n2nc(-c3ccccc3)c3c(c2=O)CCCC3)cc(OC)c1. The van der Waals surface area contributed by atoms with Crippen LogP contribution >= 0.6 is 0 Å². The van der Waals surface area contributed by atoms with Crippen molar-refractivity contribution in [1.82, 2.24) is 9.78 Å². The number of rotatable bonds is 6. The molecule has 0 aliphatic heterocycles. The summed E-state index contributed by atoms with van der Waals surface area (Å²) in [6, 6.07) is 14.2. The third-order valence-corrected chi connectivity index (χ3v) is 5.84. The van der Waals surface area contributed by atoms with E-state index in [9.17, 15) is 9.59 Å². The summed E-state index contributed by atoms with van der Waals surface area (Å²) in [5, 5.41) is 7.54. The van der Waals surface area contributed by atoms with Gasteiger partial charge in [0.2, 0.25) is 5.91 Å². The Labute approximate surface area is 187 Å². The van der Waals surface area contributed by atoms with Crippen LogP contribution in [0.25, 0.3) is 11.3 Å². The van der Waals surface area contributed by atoms with E-state index in [1.165, 1.54) is 4.68 Å². The Hall–Kier alpha value is -3.61. The fourth-order valence-electron chi connectivity index (χ4n) is 4.08. The monoisotopic (exact) mass is 433 g/mol. The Morgan fingerprint density at radius 2 is 1.62 bits per heavy atom. The van der Waals surface area contributed by atoms with Crippen molar-refractivity contribution in [3.05, 3.63) is 70.0 Å². The van der Waals surface area contributed by atoms with Crippen molar-refractivity contribution >= 4 is 11.6 Å². The molecule has 7 heteroatoms. The molecule has 1 aliphatic rings. The molecule has 2 aromatic carbocycles. The quantitative estimate of drug-likeness (QED) is 0.635. The lowest BCUT2D eigenvalue weighted by Crippen LogP contribution is -2.37. The Bertz CT molecular complexity index is 1170. The first-order valence-electron chi connectivity index (χ1n) is 10.8. The number of ether oxygens (including phenoxy) is 2. The molecule has 1 heterocycles. The van der Waals surface area contributed by atoms with E-state index in [2.05, 4.69) is 10.4 Å². The molecule has 0 saturated heterocycles. The summed E-state index contributed by atoms with van der Waals surface area (Å²) in [4.78, 5) is 26.4. The number of nitrogens with zero attached hydrogens (tertiary/aromatic N) is 2. The first-order valence-corrected chi connectivity index (χ1v) is 10.8. The normalized spacial score (nSPS) is 13.7. The minimum atomic E-state index is -0.797. The van der Waals surface area contributed by atoms with Gasteiger partial charge in [0.25, 0.3) is 5.56 Å². The molecular formula is C25H27N3O4. The molecule has 1 atom stereocenters. The third-order valence-electron chi connectivity index (χ3n) is 5.84. The van der Waals surface area contributed by atoms with Crippen LogP contribution in [-0.4, -0.2) is 29.9 Å². The number of anilines is 1. The van der Waals surface area contributed by atoms with Crippen molar-refractivity contribution in [3.63, 3.8) is 0 Å². The standard InChI is InChI=1S/C25H27N3O4/c1-16(24(29)26-18-13-19(31-2)15-20(14-18)32-3)28-25(30)22-12-8-7-11-21(22)23(27-28)17-9-5-4-6-10-17/h4-6,9-10,13-16H,7-8,11-12H2,1-3H3,(H,26,29)/t16-/m1/s1. The first kappa shape index (κ1) is 21.6. The summed E-state index contributed by atoms with van der Waals surface area (Å²) in [5.41, 5.74) is 3.84. The van der Waals surface area contributed by atoms with E-state index < -0.39 is 6.04 Å². The van der Waals surface area contributed by atoms with E-state index in [1.807, 2.05) is 30.3 Å². The second kappa shape index (κ2) is 9.26. The van der Waals surface area contributed by atoms with Gasteiger partial charge >= 0.3 is 0 Å². The Balaban J connectivity index is 1.71. The minimum Gasteiger partial charge on any atom is -0.497 e. The third kappa shape index (κ3) is 4.23. The molecule has 7 nitrogen and oxygen atoms in total.